The van der Waals surface area contributed by atoms with E-state index in [9.17, 15) is 0 Å². The van der Waals surface area contributed by atoms with Crippen LogP contribution in [0.15, 0.2) is 35.3 Å². The van der Waals surface area contributed by atoms with Gasteiger partial charge in [0.25, 0.3) is 0 Å². The third-order valence-electron chi connectivity index (χ3n) is 4.57. The van der Waals surface area contributed by atoms with E-state index in [0.717, 1.165) is 58.2 Å². The monoisotopic (exact) mass is 331 g/mol. The van der Waals surface area contributed by atoms with E-state index in [1.54, 1.807) is 0 Å². The van der Waals surface area contributed by atoms with E-state index in [1.165, 1.54) is 5.56 Å². The predicted molar refractivity (Wildman–Crippen MR) is 103 cm³/mol. The Morgan fingerprint density at radius 1 is 1.12 bits per heavy atom. The van der Waals surface area contributed by atoms with E-state index >= 15 is 0 Å². The molecule has 1 aromatic carbocycles. The molecule has 0 bridgehead atoms. The molecule has 1 atom stereocenters. The van der Waals surface area contributed by atoms with Crippen LogP contribution < -0.4 is 10.6 Å². The smallest absolute Gasteiger partial charge is 0.191 e. The summed E-state index contributed by atoms with van der Waals surface area (Å²) in [6.07, 6.45) is 1.01. The summed E-state index contributed by atoms with van der Waals surface area (Å²) in [4.78, 5) is 9.71. The average molecular weight is 332 g/mol. The lowest BCUT2D eigenvalue weighted by molar-refractivity contribution is 0.122. The highest BCUT2D eigenvalue weighted by Crippen LogP contribution is 2.05. The zero-order valence-electron chi connectivity index (χ0n) is 15.5. The van der Waals surface area contributed by atoms with Crippen LogP contribution in [0.25, 0.3) is 0 Å². The summed E-state index contributed by atoms with van der Waals surface area (Å²) in [5.41, 5.74) is 1.35. The van der Waals surface area contributed by atoms with E-state index in [0.29, 0.717) is 6.04 Å². The van der Waals surface area contributed by atoms with Crippen molar-refractivity contribution in [3.63, 3.8) is 0 Å². The Bertz CT molecular complexity index is 480. The number of benzene rings is 1. The molecule has 0 aliphatic carbocycles. The molecule has 0 spiro atoms. The zero-order valence-corrected chi connectivity index (χ0v) is 15.5. The lowest BCUT2D eigenvalue weighted by Gasteiger charge is -2.35. The maximum Gasteiger partial charge on any atom is 0.191 e. The summed E-state index contributed by atoms with van der Waals surface area (Å²) in [7, 11) is 2.19. The van der Waals surface area contributed by atoms with Gasteiger partial charge in [0.05, 0.1) is 6.54 Å². The number of hydrogen-bond acceptors (Lipinski definition) is 3. The van der Waals surface area contributed by atoms with Gasteiger partial charge in [0, 0.05) is 45.3 Å². The van der Waals surface area contributed by atoms with Crippen molar-refractivity contribution in [3.8, 4) is 0 Å². The molecular weight excluding hydrogens is 298 g/mol. The van der Waals surface area contributed by atoms with Gasteiger partial charge in [-0.25, -0.2) is 0 Å². The third kappa shape index (κ3) is 6.49. The number of nitrogens with zero attached hydrogens (tertiary/aromatic N) is 3. The quantitative estimate of drug-likeness (QED) is 0.586. The minimum Gasteiger partial charge on any atom is -0.357 e. The van der Waals surface area contributed by atoms with Gasteiger partial charge in [0.1, 0.15) is 0 Å². The molecule has 0 radical (unpaired) electrons. The maximum absolute atomic E-state index is 4.78. The Morgan fingerprint density at radius 2 is 1.83 bits per heavy atom. The van der Waals surface area contributed by atoms with Gasteiger partial charge in [-0.1, -0.05) is 30.3 Å². The number of guanidine groups is 1. The molecule has 0 aromatic heterocycles. The lowest BCUT2D eigenvalue weighted by atomic mass is 10.1. The second-order valence-electron chi connectivity index (χ2n) is 6.57. The van der Waals surface area contributed by atoms with Crippen LogP contribution >= 0.6 is 0 Å². The molecule has 1 saturated heterocycles. The SMILES string of the molecule is CCNC(=NCC(C)N1CCN(C)CC1)NCCc1ccccc1. The number of piperazine rings is 1. The van der Waals surface area contributed by atoms with Crippen molar-refractivity contribution in [2.45, 2.75) is 26.3 Å². The number of hydrogen-bond donors (Lipinski definition) is 2. The summed E-state index contributed by atoms with van der Waals surface area (Å²) in [6, 6.07) is 11.1. The first-order valence-corrected chi connectivity index (χ1v) is 9.17. The Hall–Kier alpha value is -1.59. The van der Waals surface area contributed by atoms with Gasteiger partial charge < -0.3 is 15.5 Å². The average Bonchev–Trinajstić information content (AvgIpc) is 2.61. The normalized spacial score (nSPS) is 18.4. The van der Waals surface area contributed by atoms with Crippen LogP contribution in [-0.4, -0.2) is 74.7 Å². The number of rotatable bonds is 7. The molecule has 2 N–H and O–H groups in total. The van der Waals surface area contributed by atoms with Crippen LogP contribution in [0.5, 0.6) is 0 Å². The fourth-order valence-electron chi connectivity index (χ4n) is 2.91. The molecule has 1 aromatic rings. The molecule has 0 saturated carbocycles. The molecule has 1 heterocycles. The zero-order chi connectivity index (χ0) is 17.2. The van der Waals surface area contributed by atoms with Gasteiger partial charge in [-0.3, -0.25) is 9.89 Å². The van der Waals surface area contributed by atoms with Gasteiger partial charge >= 0.3 is 0 Å². The van der Waals surface area contributed by atoms with E-state index in [1.807, 2.05) is 0 Å². The minimum atomic E-state index is 0.489. The van der Waals surface area contributed by atoms with Crippen molar-refractivity contribution in [2.75, 3.05) is 52.9 Å². The van der Waals surface area contributed by atoms with Gasteiger partial charge in [-0.2, -0.15) is 0 Å². The minimum absolute atomic E-state index is 0.489. The van der Waals surface area contributed by atoms with Crippen LogP contribution in [0.3, 0.4) is 0 Å². The maximum atomic E-state index is 4.78. The predicted octanol–water partition coefficient (Wildman–Crippen LogP) is 1.42. The number of nitrogens with one attached hydrogen (secondary N) is 2. The van der Waals surface area contributed by atoms with Crippen molar-refractivity contribution in [1.29, 1.82) is 0 Å². The van der Waals surface area contributed by atoms with E-state index < -0.39 is 0 Å². The van der Waals surface area contributed by atoms with Crippen LogP contribution in [-0.2, 0) is 6.42 Å². The molecule has 1 aliphatic heterocycles. The Kier molecular flexibility index (Phi) is 8.05. The Labute approximate surface area is 147 Å². The largest absolute Gasteiger partial charge is 0.357 e. The molecule has 2 rings (SSSR count). The van der Waals surface area contributed by atoms with E-state index in [2.05, 4.69) is 71.7 Å². The summed E-state index contributed by atoms with van der Waals surface area (Å²) in [6.45, 7) is 11.6. The highest BCUT2D eigenvalue weighted by molar-refractivity contribution is 5.79. The lowest BCUT2D eigenvalue weighted by Crippen LogP contribution is -2.49. The Balaban J connectivity index is 1.77. The second-order valence-corrected chi connectivity index (χ2v) is 6.57. The van der Waals surface area contributed by atoms with Crippen molar-refractivity contribution in [1.82, 2.24) is 20.4 Å². The molecular formula is C19H33N5. The summed E-state index contributed by atoms with van der Waals surface area (Å²) in [5.74, 6) is 0.925. The molecule has 24 heavy (non-hydrogen) atoms. The van der Waals surface area contributed by atoms with Crippen molar-refractivity contribution in [2.24, 2.45) is 4.99 Å². The molecule has 1 fully saturated rings. The standard InChI is InChI=1S/C19H33N5/c1-4-20-19(21-11-10-18-8-6-5-7-9-18)22-16-17(2)24-14-12-23(3)13-15-24/h5-9,17H,4,10-16H2,1-3H3,(H2,20,21,22). The van der Waals surface area contributed by atoms with E-state index in [4.69, 9.17) is 4.99 Å². The molecule has 134 valence electrons. The van der Waals surface area contributed by atoms with Crippen molar-refractivity contribution >= 4 is 5.96 Å². The van der Waals surface area contributed by atoms with Gasteiger partial charge in [-0.15, -0.1) is 0 Å². The van der Waals surface area contributed by atoms with Crippen LogP contribution in [0.1, 0.15) is 19.4 Å². The fourth-order valence-corrected chi connectivity index (χ4v) is 2.91. The molecule has 1 aliphatic rings. The summed E-state index contributed by atoms with van der Waals surface area (Å²) >= 11 is 0. The van der Waals surface area contributed by atoms with Crippen molar-refractivity contribution in [3.05, 3.63) is 35.9 Å². The van der Waals surface area contributed by atoms with Gasteiger partial charge in [0.15, 0.2) is 5.96 Å². The van der Waals surface area contributed by atoms with Crippen LogP contribution in [0, 0.1) is 0 Å². The first kappa shape index (κ1) is 18.7. The van der Waals surface area contributed by atoms with Crippen LogP contribution in [0.2, 0.25) is 0 Å². The molecule has 0 amide bonds. The van der Waals surface area contributed by atoms with E-state index in [-0.39, 0.29) is 0 Å². The molecule has 5 nitrogen and oxygen atoms in total. The second kappa shape index (κ2) is 10.3. The molecule has 5 heteroatoms. The van der Waals surface area contributed by atoms with Crippen LogP contribution in [0.4, 0.5) is 0 Å². The van der Waals surface area contributed by atoms with Gasteiger partial charge in [0.2, 0.25) is 0 Å². The first-order chi connectivity index (χ1) is 11.7. The third-order valence-corrected chi connectivity index (χ3v) is 4.57. The number of aliphatic imine (C=N–C) groups is 1. The first-order valence-electron chi connectivity index (χ1n) is 9.17. The Morgan fingerprint density at radius 3 is 2.50 bits per heavy atom. The summed E-state index contributed by atoms with van der Waals surface area (Å²) in [5, 5.41) is 6.79. The summed E-state index contributed by atoms with van der Waals surface area (Å²) < 4.78 is 0. The van der Waals surface area contributed by atoms with Crippen molar-refractivity contribution < 1.29 is 0 Å². The highest BCUT2D eigenvalue weighted by atomic mass is 15.3. The fraction of sp³-hybridized carbons (Fsp3) is 0.632. The number of likely N-dealkylation sites (N-methyl/N-ethyl adjacent to an activating group) is 1. The topological polar surface area (TPSA) is 42.9 Å². The molecule has 1 unspecified atom stereocenters. The van der Waals surface area contributed by atoms with Gasteiger partial charge in [-0.05, 0) is 32.9 Å². The highest BCUT2D eigenvalue weighted by Gasteiger charge is 2.18.